The summed E-state index contributed by atoms with van der Waals surface area (Å²) < 4.78 is 7.20. The molecular formula is C18H20ClN3O2. The number of hydrogen-bond acceptors (Lipinski definition) is 4. The molecule has 126 valence electrons. The van der Waals surface area contributed by atoms with Crippen molar-refractivity contribution in [1.29, 1.82) is 0 Å². The molecule has 2 N–H and O–H groups in total. The maximum atomic E-state index is 13.2. The van der Waals surface area contributed by atoms with Crippen molar-refractivity contribution in [2.24, 2.45) is 11.7 Å². The maximum absolute atomic E-state index is 13.2. The summed E-state index contributed by atoms with van der Waals surface area (Å²) in [6, 6.07) is 5.78. The first-order valence-corrected chi connectivity index (χ1v) is 8.78. The van der Waals surface area contributed by atoms with Gasteiger partial charge in [0.1, 0.15) is 16.7 Å². The molecule has 0 bridgehead atoms. The van der Waals surface area contributed by atoms with E-state index in [0.717, 1.165) is 36.6 Å². The molecule has 0 radical (unpaired) electrons. The third-order valence-corrected chi connectivity index (χ3v) is 5.55. The maximum Gasteiger partial charge on any atom is 0.264 e. The van der Waals surface area contributed by atoms with Gasteiger partial charge in [-0.3, -0.25) is 4.79 Å². The van der Waals surface area contributed by atoms with Crippen LogP contribution in [0, 0.1) is 12.8 Å². The summed E-state index contributed by atoms with van der Waals surface area (Å²) in [4.78, 5) is 13.2. The normalized spacial score (nSPS) is 21.6. The molecule has 3 aromatic rings. The molecule has 0 unspecified atom stereocenters. The smallest absolute Gasteiger partial charge is 0.264 e. The Morgan fingerprint density at radius 1 is 1.38 bits per heavy atom. The molecular weight excluding hydrogens is 326 g/mol. The van der Waals surface area contributed by atoms with E-state index in [4.69, 9.17) is 21.9 Å². The topological polar surface area (TPSA) is 74.0 Å². The van der Waals surface area contributed by atoms with E-state index >= 15 is 0 Å². The standard InChI is InChI=1S/C18H20ClN3O2/c1-10-15-17(21-24-10)16-13(19)6-3-7-14(16)22(18(15)23)12-5-2-4-11(8-12)9-20/h3,6-7,11-12H,2,4-5,8-9,20H2,1H3/t11-,12+/m1/s1. The van der Waals surface area contributed by atoms with Gasteiger partial charge < -0.3 is 14.8 Å². The first-order valence-electron chi connectivity index (χ1n) is 8.40. The number of nitrogens with two attached hydrogens (primary N) is 1. The van der Waals surface area contributed by atoms with E-state index in [1.807, 2.05) is 22.8 Å². The number of fused-ring (bicyclic) bond motifs is 3. The van der Waals surface area contributed by atoms with Gasteiger partial charge in [0, 0.05) is 11.4 Å². The largest absolute Gasteiger partial charge is 0.360 e. The molecule has 0 saturated heterocycles. The van der Waals surface area contributed by atoms with Crippen molar-refractivity contribution in [1.82, 2.24) is 9.72 Å². The first kappa shape index (κ1) is 15.7. The van der Waals surface area contributed by atoms with E-state index in [-0.39, 0.29) is 11.6 Å². The predicted octanol–water partition coefficient (Wildman–Crippen LogP) is 3.79. The van der Waals surface area contributed by atoms with Crippen LogP contribution >= 0.6 is 11.6 Å². The van der Waals surface area contributed by atoms with Gasteiger partial charge in [-0.05, 0) is 50.8 Å². The molecule has 1 aliphatic rings. The number of benzene rings is 1. The summed E-state index contributed by atoms with van der Waals surface area (Å²) in [6.07, 6.45) is 4.12. The molecule has 1 fully saturated rings. The van der Waals surface area contributed by atoms with Crippen LogP contribution in [0.15, 0.2) is 27.5 Å². The summed E-state index contributed by atoms with van der Waals surface area (Å²) >= 11 is 6.45. The highest BCUT2D eigenvalue weighted by Crippen LogP contribution is 2.36. The zero-order valence-electron chi connectivity index (χ0n) is 13.6. The number of aromatic nitrogens is 2. The Bertz CT molecular complexity index is 976. The van der Waals surface area contributed by atoms with Gasteiger partial charge in [-0.25, -0.2) is 0 Å². The molecule has 6 heteroatoms. The van der Waals surface area contributed by atoms with Crippen molar-refractivity contribution in [2.75, 3.05) is 6.54 Å². The minimum Gasteiger partial charge on any atom is -0.360 e. The van der Waals surface area contributed by atoms with Gasteiger partial charge in [0.25, 0.3) is 5.56 Å². The third kappa shape index (κ3) is 2.26. The Balaban J connectivity index is 2.06. The Morgan fingerprint density at radius 3 is 3.00 bits per heavy atom. The van der Waals surface area contributed by atoms with Crippen molar-refractivity contribution in [2.45, 2.75) is 38.6 Å². The fourth-order valence-electron chi connectivity index (χ4n) is 4.05. The van der Waals surface area contributed by atoms with Gasteiger partial charge in [-0.1, -0.05) is 29.2 Å². The van der Waals surface area contributed by atoms with Crippen LogP contribution < -0.4 is 11.3 Å². The Labute approximate surface area is 144 Å². The van der Waals surface area contributed by atoms with Crippen molar-refractivity contribution >= 4 is 33.4 Å². The molecule has 4 rings (SSSR count). The lowest BCUT2D eigenvalue weighted by Crippen LogP contribution is -2.31. The van der Waals surface area contributed by atoms with E-state index in [2.05, 4.69) is 5.16 Å². The van der Waals surface area contributed by atoms with Gasteiger partial charge in [0.15, 0.2) is 0 Å². The van der Waals surface area contributed by atoms with Crippen LogP contribution in [0.1, 0.15) is 37.5 Å². The summed E-state index contributed by atoms with van der Waals surface area (Å²) in [5.41, 5.74) is 7.23. The van der Waals surface area contributed by atoms with Gasteiger partial charge >= 0.3 is 0 Å². The molecule has 2 aromatic heterocycles. The zero-order valence-corrected chi connectivity index (χ0v) is 14.3. The quantitative estimate of drug-likeness (QED) is 0.766. The van der Waals surface area contributed by atoms with E-state index in [1.165, 1.54) is 0 Å². The van der Waals surface area contributed by atoms with Crippen LogP contribution in [0.3, 0.4) is 0 Å². The molecule has 2 heterocycles. The van der Waals surface area contributed by atoms with Crippen LogP contribution in [-0.4, -0.2) is 16.3 Å². The first-order chi connectivity index (χ1) is 11.6. The lowest BCUT2D eigenvalue weighted by molar-refractivity contribution is 0.273. The second-order valence-corrected chi connectivity index (χ2v) is 7.10. The average Bonchev–Trinajstić information content (AvgIpc) is 2.97. The van der Waals surface area contributed by atoms with Crippen LogP contribution in [0.4, 0.5) is 0 Å². The SMILES string of the molecule is Cc1onc2c1c(=O)n([C@H]1CCC[C@@H](CN)C1)c1cccc(Cl)c21. The molecule has 5 nitrogen and oxygen atoms in total. The highest BCUT2D eigenvalue weighted by Gasteiger charge is 2.27. The molecule has 1 aliphatic carbocycles. The molecule has 24 heavy (non-hydrogen) atoms. The minimum absolute atomic E-state index is 0.0406. The molecule has 0 spiro atoms. The van der Waals surface area contributed by atoms with Gasteiger partial charge in [-0.2, -0.15) is 0 Å². The van der Waals surface area contributed by atoms with Gasteiger partial charge in [0.2, 0.25) is 0 Å². The molecule has 1 saturated carbocycles. The molecule has 2 atom stereocenters. The van der Waals surface area contributed by atoms with Crippen molar-refractivity contribution < 1.29 is 4.52 Å². The summed E-state index contributed by atoms with van der Waals surface area (Å²) in [7, 11) is 0. The van der Waals surface area contributed by atoms with Crippen LogP contribution in [-0.2, 0) is 0 Å². The fourth-order valence-corrected chi connectivity index (χ4v) is 4.31. The van der Waals surface area contributed by atoms with E-state index in [9.17, 15) is 4.79 Å². The number of halogens is 1. The monoisotopic (exact) mass is 345 g/mol. The highest BCUT2D eigenvalue weighted by molar-refractivity contribution is 6.37. The number of nitrogens with zero attached hydrogens (tertiary/aromatic N) is 2. The van der Waals surface area contributed by atoms with Gasteiger partial charge in [-0.15, -0.1) is 0 Å². The summed E-state index contributed by atoms with van der Waals surface area (Å²) in [5.74, 6) is 1.00. The van der Waals surface area contributed by atoms with Crippen LogP contribution in [0.25, 0.3) is 21.8 Å². The van der Waals surface area contributed by atoms with Crippen LogP contribution in [0.5, 0.6) is 0 Å². The van der Waals surface area contributed by atoms with Crippen molar-refractivity contribution in [3.05, 3.63) is 39.3 Å². The highest BCUT2D eigenvalue weighted by atomic mass is 35.5. The lowest BCUT2D eigenvalue weighted by Gasteiger charge is -2.30. The van der Waals surface area contributed by atoms with Crippen molar-refractivity contribution in [3.63, 3.8) is 0 Å². The number of pyridine rings is 1. The predicted molar refractivity (Wildman–Crippen MR) is 95.6 cm³/mol. The van der Waals surface area contributed by atoms with E-state index in [0.29, 0.717) is 34.1 Å². The second kappa shape index (κ2) is 5.90. The van der Waals surface area contributed by atoms with Gasteiger partial charge in [0.05, 0.1) is 10.5 Å². The molecule has 0 aliphatic heterocycles. The van der Waals surface area contributed by atoms with E-state index in [1.54, 1.807) is 6.92 Å². The second-order valence-electron chi connectivity index (χ2n) is 6.69. The Morgan fingerprint density at radius 2 is 2.21 bits per heavy atom. The summed E-state index contributed by atoms with van der Waals surface area (Å²) in [6.45, 7) is 2.44. The molecule has 1 aromatic carbocycles. The zero-order chi connectivity index (χ0) is 16.8. The molecule has 0 amide bonds. The average molecular weight is 346 g/mol. The van der Waals surface area contributed by atoms with Crippen molar-refractivity contribution in [3.8, 4) is 0 Å². The van der Waals surface area contributed by atoms with E-state index < -0.39 is 0 Å². The lowest BCUT2D eigenvalue weighted by atomic mass is 9.85. The minimum atomic E-state index is -0.0406. The fraction of sp³-hybridized carbons (Fsp3) is 0.444. The number of rotatable bonds is 2. The summed E-state index contributed by atoms with van der Waals surface area (Å²) in [5, 5.41) is 6.01. The third-order valence-electron chi connectivity index (χ3n) is 5.24. The Kier molecular flexibility index (Phi) is 3.85. The number of aryl methyl sites for hydroxylation is 1. The Hall–Kier alpha value is -1.85. The van der Waals surface area contributed by atoms with Crippen LogP contribution in [0.2, 0.25) is 5.02 Å². The number of hydrogen-bond donors (Lipinski definition) is 1.